The second-order valence-corrected chi connectivity index (χ2v) is 4.06. The summed E-state index contributed by atoms with van der Waals surface area (Å²) in [6, 6.07) is 4.98. The molecule has 0 saturated heterocycles. The molecule has 0 heterocycles. The Bertz CT molecular complexity index is 421. The van der Waals surface area contributed by atoms with Crippen molar-refractivity contribution in [2.75, 3.05) is 36.9 Å². The molecule has 1 rings (SSSR count). The Kier molecular flexibility index (Phi) is 6.04. The first kappa shape index (κ1) is 15.2. The third kappa shape index (κ3) is 4.08. The number of nitrogens with zero attached hydrogens (tertiary/aromatic N) is 2. The van der Waals surface area contributed by atoms with Gasteiger partial charge in [-0.25, -0.2) is 0 Å². The van der Waals surface area contributed by atoms with Gasteiger partial charge in [-0.1, -0.05) is 19.9 Å². The summed E-state index contributed by atoms with van der Waals surface area (Å²) in [7, 11) is 0. The predicted molar refractivity (Wildman–Crippen MR) is 77.2 cm³/mol. The molecule has 1 aromatic rings. The highest BCUT2D eigenvalue weighted by molar-refractivity contribution is 5.75. The number of hydrogen-bond donors (Lipinski definition) is 3. The van der Waals surface area contributed by atoms with E-state index in [0.717, 1.165) is 19.6 Å². The Labute approximate surface area is 112 Å². The molecule has 19 heavy (non-hydrogen) atoms. The lowest BCUT2D eigenvalue weighted by molar-refractivity contribution is -0.383. The van der Waals surface area contributed by atoms with Crippen molar-refractivity contribution in [1.29, 1.82) is 0 Å². The first-order valence-corrected chi connectivity index (χ1v) is 6.34. The third-order valence-electron chi connectivity index (χ3n) is 3.01. The van der Waals surface area contributed by atoms with Crippen molar-refractivity contribution >= 4 is 17.1 Å². The number of likely N-dealkylation sites (N-methyl/N-ethyl adjacent to an activating group) is 1. The van der Waals surface area contributed by atoms with E-state index in [2.05, 4.69) is 29.5 Å². The quantitative estimate of drug-likeness (QED) is 0.376. The minimum absolute atomic E-state index is 0.0236. The molecule has 0 aliphatic carbocycles. The molecule has 0 fully saturated rings. The average Bonchev–Trinajstić information content (AvgIpc) is 2.42. The third-order valence-corrected chi connectivity index (χ3v) is 3.01. The Hall–Kier alpha value is -1.86. The molecule has 0 atom stereocenters. The summed E-state index contributed by atoms with van der Waals surface area (Å²) in [5.41, 5.74) is 3.11. The Morgan fingerprint density at radius 3 is 2.47 bits per heavy atom. The molecule has 0 aromatic heterocycles. The number of hydrogen-bond acceptors (Lipinski definition) is 6. The van der Waals surface area contributed by atoms with E-state index in [1.54, 1.807) is 18.2 Å². The lowest BCUT2D eigenvalue weighted by atomic mass is 10.2. The zero-order chi connectivity index (χ0) is 14.3. The second-order valence-electron chi connectivity index (χ2n) is 4.06. The van der Waals surface area contributed by atoms with Gasteiger partial charge in [0.25, 0.3) is 0 Å². The molecule has 106 valence electrons. The molecule has 1 aromatic carbocycles. The van der Waals surface area contributed by atoms with E-state index in [9.17, 15) is 10.1 Å². The molecule has 7 heteroatoms. The molecule has 7 nitrogen and oxygen atoms in total. The maximum atomic E-state index is 11.1. The highest BCUT2D eigenvalue weighted by Crippen LogP contribution is 2.31. The van der Waals surface area contributed by atoms with Crippen LogP contribution in [0.1, 0.15) is 13.8 Å². The van der Waals surface area contributed by atoms with E-state index >= 15 is 0 Å². The van der Waals surface area contributed by atoms with Crippen LogP contribution in [0.3, 0.4) is 0 Å². The molecule has 0 amide bonds. The molecular formula is C12H21N5O2. The van der Waals surface area contributed by atoms with Crippen LogP contribution in [0, 0.1) is 10.1 Å². The fraction of sp³-hybridized carbons (Fsp3) is 0.500. The van der Waals surface area contributed by atoms with Crippen LogP contribution in [0.4, 0.5) is 17.1 Å². The zero-order valence-corrected chi connectivity index (χ0v) is 11.3. The normalized spacial score (nSPS) is 10.5. The molecule has 0 bridgehead atoms. The summed E-state index contributed by atoms with van der Waals surface area (Å²) in [6.45, 7) is 7.59. The summed E-state index contributed by atoms with van der Waals surface area (Å²) < 4.78 is 0. The molecule has 0 aliphatic rings. The molecule has 0 aliphatic heterocycles. The highest BCUT2D eigenvalue weighted by Gasteiger charge is 2.18. The first-order chi connectivity index (χ1) is 9.13. The largest absolute Gasteiger partial charge is 0.378 e. The smallest absolute Gasteiger partial charge is 0.316 e. The van der Waals surface area contributed by atoms with Crippen LogP contribution in [-0.4, -0.2) is 36.0 Å². The molecule has 0 unspecified atom stereocenters. The number of nitrogens with two attached hydrogens (primary N) is 1. The van der Waals surface area contributed by atoms with Gasteiger partial charge in [-0.2, -0.15) is 0 Å². The van der Waals surface area contributed by atoms with Crippen LogP contribution in [0.5, 0.6) is 0 Å². The van der Waals surface area contributed by atoms with Gasteiger partial charge in [-0.3, -0.25) is 16.0 Å². The Morgan fingerprint density at radius 1 is 1.32 bits per heavy atom. The van der Waals surface area contributed by atoms with Gasteiger partial charge in [-0.05, 0) is 25.2 Å². The first-order valence-electron chi connectivity index (χ1n) is 6.34. The van der Waals surface area contributed by atoms with Crippen LogP contribution < -0.4 is 16.6 Å². The molecule has 0 radical (unpaired) electrons. The van der Waals surface area contributed by atoms with Gasteiger partial charge in [0.05, 0.1) is 4.92 Å². The molecule has 4 N–H and O–H groups in total. The van der Waals surface area contributed by atoms with Crippen molar-refractivity contribution in [3.05, 3.63) is 28.3 Å². The number of hydrazine groups is 1. The van der Waals surface area contributed by atoms with E-state index < -0.39 is 4.92 Å². The fourth-order valence-electron chi connectivity index (χ4n) is 1.89. The van der Waals surface area contributed by atoms with Crippen LogP contribution >= 0.6 is 0 Å². The topological polar surface area (TPSA) is 96.5 Å². The Morgan fingerprint density at radius 2 is 1.95 bits per heavy atom. The van der Waals surface area contributed by atoms with Crippen molar-refractivity contribution in [2.45, 2.75) is 13.8 Å². The lowest BCUT2D eigenvalue weighted by Gasteiger charge is -2.18. The standard InChI is InChI=1S/C12H21N5O2/c1-3-16(4-2)9-8-14-10-6-5-7-11(15-13)12(10)17(18)19/h5-7,14-15H,3-4,8-9,13H2,1-2H3. The maximum absolute atomic E-state index is 11.1. The molecule has 0 saturated carbocycles. The number of para-hydroxylation sites is 1. The number of nitro benzene ring substituents is 1. The molecule has 0 spiro atoms. The van der Waals surface area contributed by atoms with E-state index in [4.69, 9.17) is 5.84 Å². The van der Waals surface area contributed by atoms with Crippen molar-refractivity contribution in [3.8, 4) is 0 Å². The Balaban J connectivity index is 2.75. The van der Waals surface area contributed by atoms with Gasteiger partial charge in [0.1, 0.15) is 11.4 Å². The van der Waals surface area contributed by atoms with Crippen LogP contribution in [-0.2, 0) is 0 Å². The summed E-state index contributed by atoms with van der Waals surface area (Å²) in [5.74, 6) is 5.29. The summed E-state index contributed by atoms with van der Waals surface area (Å²) >= 11 is 0. The van der Waals surface area contributed by atoms with Crippen molar-refractivity contribution in [3.63, 3.8) is 0 Å². The number of nitrogens with one attached hydrogen (secondary N) is 2. The van der Waals surface area contributed by atoms with Crippen LogP contribution in [0.2, 0.25) is 0 Å². The highest BCUT2D eigenvalue weighted by atomic mass is 16.6. The number of benzene rings is 1. The number of rotatable bonds is 8. The van der Waals surface area contributed by atoms with Gasteiger partial charge in [0.2, 0.25) is 0 Å². The van der Waals surface area contributed by atoms with E-state index in [1.165, 1.54) is 0 Å². The average molecular weight is 267 g/mol. The maximum Gasteiger partial charge on any atom is 0.316 e. The van der Waals surface area contributed by atoms with E-state index in [0.29, 0.717) is 17.9 Å². The minimum Gasteiger partial charge on any atom is -0.378 e. The summed E-state index contributed by atoms with van der Waals surface area (Å²) in [5, 5.41) is 14.2. The second kappa shape index (κ2) is 7.55. The predicted octanol–water partition coefficient (Wildman–Crippen LogP) is 1.63. The summed E-state index contributed by atoms with van der Waals surface area (Å²) in [6.07, 6.45) is 0. The monoisotopic (exact) mass is 267 g/mol. The van der Waals surface area contributed by atoms with Crippen molar-refractivity contribution in [1.82, 2.24) is 4.90 Å². The van der Waals surface area contributed by atoms with Gasteiger partial charge < -0.3 is 15.6 Å². The van der Waals surface area contributed by atoms with Crippen molar-refractivity contribution < 1.29 is 4.92 Å². The number of anilines is 2. The fourth-order valence-corrected chi connectivity index (χ4v) is 1.89. The van der Waals surface area contributed by atoms with Gasteiger partial charge in [0, 0.05) is 13.1 Å². The number of nitrogen functional groups attached to an aromatic ring is 1. The zero-order valence-electron chi connectivity index (χ0n) is 11.3. The van der Waals surface area contributed by atoms with Gasteiger partial charge in [0.15, 0.2) is 0 Å². The van der Waals surface area contributed by atoms with Crippen LogP contribution in [0.15, 0.2) is 18.2 Å². The SMILES string of the molecule is CCN(CC)CCNc1cccc(NN)c1[N+](=O)[O-]. The van der Waals surface area contributed by atoms with Crippen LogP contribution in [0.25, 0.3) is 0 Å². The van der Waals surface area contributed by atoms with Crippen molar-refractivity contribution in [2.24, 2.45) is 5.84 Å². The van der Waals surface area contributed by atoms with E-state index in [1.807, 2.05) is 0 Å². The van der Waals surface area contributed by atoms with Gasteiger partial charge >= 0.3 is 5.69 Å². The lowest BCUT2D eigenvalue weighted by Crippen LogP contribution is -2.28. The van der Waals surface area contributed by atoms with E-state index in [-0.39, 0.29) is 5.69 Å². The summed E-state index contributed by atoms with van der Waals surface area (Å²) in [4.78, 5) is 12.9. The molecular weight excluding hydrogens is 246 g/mol. The number of nitro groups is 1. The van der Waals surface area contributed by atoms with Gasteiger partial charge in [-0.15, -0.1) is 0 Å². The minimum atomic E-state index is -0.436.